The van der Waals surface area contributed by atoms with E-state index >= 15 is 0 Å². The van der Waals surface area contributed by atoms with Gasteiger partial charge in [0.2, 0.25) is 0 Å². The Morgan fingerprint density at radius 1 is 0.837 bits per heavy atom. The summed E-state index contributed by atoms with van der Waals surface area (Å²) in [5, 5.41) is 29.6. The van der Waals surface area contributed by atoms with Gasteiger partial charge in [0.1, 0.15) is 17.2 Å². The van der Waals surface area contributed by atoms with Gasteiger partial charge in [-0.15, -0.1) is 11.3 Å². The quantitative estimate of drug-likeness (QED) is 0.0786. The van der Waals surface area contributed by atoms with Gasteiger partial charge in [-0.2, -0.15) is 22.0 Å². The van der Waals surface area contributed by atoms with E-state index < -0.39 is 36.8 Å². The Labute approximate surface area is 247 Å². The Balaban J connectivity index is 1.38. The molecule has 4 aromatic rings. The fourth-order valence-corrected chi connectivity index (χ4v) is 5.84. The second-order valence-electron chi connectivity index (χ2n) is 10.0. The molecule has 0 saturated heterocycles. The summed E-state index contributed by atoms with van der Waals surface area (Å²) in [7, 11) is 0. The summed E-state index contributed by atoms with van der Waals surface area (Å²) in [6, 6.07) is 17.4. The molecule has 0 aliphatic carbocycles. The Hall–Kier alpha value is -4.19. The monoisotopic (exact) mass is 622 g/mol. The van der Waals surface area contributed by atoms with Crippen LogP contribution in [0, 0.1) is 5.92 Å². The number of carbonyl (C=O) groups excluding carboxylic acids is 1. The Morgan fingerprint density at radius 3 is 2.09 bits per heavy atom. The van der Waals surface area contributed by atoms with Crippen molar-refractivity contribution in [2.24, 2.45) is 5.92 Å². The number of rotatable bonds is 13. The third-order valence-corrected chi connectivity index (χ3v) is 8.12. The molecule has 228 valence electrons. The van der Waals surface area contributed by atoms with Crippen LogP contribution in [0.5, 0.6) is 17.2 Å². The van der Waals surface area contributed by atoms with Gasteiger partial charge in [0.25, 0.3) is 0 Å². The van der Waals surface area contributed by atoms with Crippen molar-refractivity contribution in [2.75, 3.05) is 6.61 Å². The molecule has 1 atom stereocenters. The third-order valence-electron chi connectivity index (χ3n) is 6.92. The highest BCUT2D eigenvalue weighted by Gasteiger charge is 2.56. The van der Waals surface area contributed by atoms with Gasteiger partial charge >= 0.3 is 18.1 Å². The van der Waals surface area contributed by atoms with E-state index in [1.54, 1.807) is 48.5 Å². The number of carboxylic acid groups (broad SMARTS) is 1. The van der Waals surface area contributed by atoms with Gasteiger partial charge in [-0.3, -0.25) is 9.59 Å². The molecule has 3 aromatic carbocycles. The first-order valence-electron chi connectivity index (χ1n) is 13.3. The molecule has 3 N–H and O–H groups in total. The SMILES string of the molecule is O=C(c1ccc(OCCCC(CCCC(F)(F)C(F)(F)F)C(=O)O)cc1)c1c(-c2ccc(O)cc2)sc2cc(O)ccc12. The van der Waals surface area contributed by atoms with Crippen LogP contribution in [0.4, 0.5) is 22.0 Å². The van der Waals surface area contributed by atoms with Crippen LogP contribution in [0.15, 0.2) is 66.7 Å². The summed E-state index contributed by atoms with van der Waals surface area (Å²) in [5.41, 5.74) is 1.52. The highest BCUT2D eigenvalue weighted by Crippen LogP contribution is 2.42. The number of hydrogen-bond acceptors (Lipinski definition) is 6. The highest BCUT2D eigenvalue weighted by molar-refractivity contribution is 7.22. The maximum Gasteiger partial charge on any atom is 0.453 e. The molecule has 0 radical (unpaired) electrons. The lowest BCUT2D eigenvalue weighted by molar-refractivity contribution is -0.284. The normalized spacial score (nSPS) is 12.8. The zero-order valence-electron chi connectivity index (χ0n) is 22.5. The number of hydrogen-bond donors (Lipinski definition) is 3. The van der Waals surface area contributed by atoms with Crippen molar-refractivity contribution < 1.29 is 51.6 Å². The fraction of sp³-hybridized carbons (Fsp3) is 0.290. The van der Waals surface area contributed by atoms with Crippen molar-refractivity contribution in [1.82, 2.24) is 0 Å². The number of ketones is 1. The lowest BCUT2D eigenvalue weighted by Crippen LogP contribution is -2.36. The van der Waals surface area contributed by atoms with Crippen molar-refractivity contribution in [3.05, 3.63) is 77.9 Å². The summed E-state index contributed by atoms with van der Waals surface area (Å²) >= 11 is 1.33. The maximum absolute atomic E-state index is 13.7. The number of aliphatic carboxylic acids is 1. The molecular weight excluding hydrogens is 595 g/mol. The van der Waals surface area contributed by atoms with Crippen LogP contribution in [-0.2, 0) is 4.79 Å². The van der Waals surface area contributed by atoms with E-state index in [0.29, 0.717) is 31.8 Å². The summed E-state index contributed by atoms with van der Waals surface area (Å²) in [4.78, 5) is 25.8. The van der Waals surface area contributed by atoms with Gasteiger partial charge < -0.3 is 20.1 Å². The summed E-state index contributed by atoms with van der Waals surface area (Å²) < 4.78 is 69.5. The highest BCUT2D eigenvalue weighted by atomic mass is 32.1. The molecule has 1 heterocycles. The number of alkyl halides is 5. The molecule has 43 heavy (non-hydrogen) atoms. The van der Waals surface area contributed by atoms with Gasteiger partial charge in [-0.05, 0) is 98.0 Å². The van der Waals surface area contributed by atoms with Gasteiger partial charge in [0.15, 0.2) is 5.78 Å². The summed E-state index contributed by atoms with van der Waals surface area (Å²) in [5.74, 6) is -6.96. The summed E-state index contributed by atoms with van der Waals surface area (Å²) in [6.45, 7) is 0.0689. The number of halogens is 5. The smallest absolute Gasteiger partial charge is 0.453 e. The molecule has 0 saturated carbocycles. The number of benzene rings is 3. The van der Waals surface area contributed by atoms with E-state index in [4.69, 9.17) is 4.74 Å². The van der Waals surface area contributed by atoms with E-state index in [9.17, 15) is 46.9 Å². The van der Waals surface area contributed by atoms with Gasteiger partial charge in [-0.25, -0.2) is 0 Å². The van der Waals surface area contributed by atoms with Crippen LogP contribution in [0.2, 0.25) is 0 Å². The van der Waals surface area contributed by atoms with Crippen LogP contribution in [-0.4, -0.2) is 45.8 Å². The first kappa shape index (κ1) is 31.7. The van der Waals surface area contributed by atoms with E-state index in [1.165, 1.54) is 29.5 Å². The van der Waals surface area contributed by atoms with Crippen LogP contribution >= 0.6 is 11.3 Å². The number of phenols is 2. The average molecular weight is 623 g/mol. The lowest BCUT2D eigenvalue weighted by Gasteiger charge is -2.20. The summed E-state index contributed by atoms with van der Waals surface area (Å²) in [6.07, 6.45) is -7.80. The molecule has 0 spiro atoms. The number of carbonyl (C=O) groups is 2. The zero-order chi connectivity index (χ0) is 31.4. The van der Waals surface area contributed by atoms with Crippen molar-refractivity contribution in [3.63, 3.8) is 0 Å². The number of thiophene rings is 1. The van der Waals surface area contributed by atoms with E-state index in [0.717, 1.165) is 5.56 Å². The second-order valence-corrected chi connectivity index (χ2v) is 11.1. The molecule has 12 heteroatoms. The van der Waals surface area contributed by atoms with Crippen LogP contribution in [0.3, 0.4) is 0 Å². The number of phenolic OH excluding ortho intramolecular Hbond substituents is 2. The molecule has 0 bridgehead atoms. The van der Waals surface area contributed by atoms with Crippen molar-refractivity contribution in [1.29, 1.82) is 0 Å². The number of carboxylic acids is 1. The Bertz CT molecular complexity index is 1580. The first-order chi connectivity index (χ1) is 20.3. The van der Waals surface area contributed by atoms with E-state index in [1.807, 2.05) is 0 Å². The topological polar surface area (TPSA) is 104 Å². The molecule has 0 aliphatic rings. The van der Waals surface area contributed by atoms with E-state index in [2.05, 4.69) is 0 Å². The predicted octanol–water partition coefficient (Wildman–Crippen LogP) is 8.44. The molecular formula is C31H27F5O6S. The van der Waals surface area contributed by atoms with Crippen molar-refractivity contribution in [2.45, 2.75) is 44.2 Å². The molecule has 1 aromatic heterocycles. The second kappa shape index (κ2) is 13.0. The molecule has 0 aliphatic heterocycles. The molecule has 0 amide bonds. The number of aromatic hydroxyl groups is 2. The van der Waals surface area contributed by atoms with E-state index in [-0.39, 0.29) is 43.2 Å². The minimum absolute atomic E-state index is 0.0321. The molecule has 1 unspecified atom stereocenters. The van der Waals surface area contributed by atoms with Gasteiger partial charge in [0.05, 0.1) is 12.5 Å². The molecule has 0 fully saturated rings. The van der Waals surface area contributed by atoms with Crippen molar-refractivity contribution >= 4 is 33.2 Å². The lowest BCUT2D eigenvalue weighted by atomic mass is 9.95. The largest absolute Gasteiger partial charge is 0.508 e. The number of ether oxygens (including phenoxy) is 1. The maximum atomic E-state index is 13.7. The molecule has 4 rings (SSSR count). The number of fused-ring (bicyclic) bond motifs is 1. The fourth-order valence-electron chi connectivity index (χ4n) is 4.60. The zero-order valence-corrected chi connectivity index (χ0v) is 23.4. The Kier molecular flexibility index (Phi) is 9.59. The third kappa shape index (κ3) is 7.61. The minimum Gasteiger partial charge on any atom is -0.508 e. The van der Waals surface area contributed by atoms with Crippen molar-refractivity contribution in [3.8, 4) is 27.7 Å². The van der Waals surface area contributed by atoms with Gasteiger partial charge in [0, 0.05) is 32.5 Å². The predicted molar refractivity (Wildman–Crippen MR) is 151 cm³/mol. The van der Waals surface area contributed by atoms with Crippen LogP contribution in [0.25, 0.3) is 20.5 Å². The Morgan fingerprint density at radius 2 is 1.47 bits per heavy atom. The average Bonchev–Trinajstić information content (AvgIpc) is 3.32. The first-order valence-corrected chi connectivity index (χ1v) is 14.1. The van der Waals surface area contributed by atoms with Crippen LogP contribution in [0.1, 0.15) is 48.0 Å². The van der Waals surface area contributed by atoms with Gasteiger partial charge in [-0.1, -0.05) is 0 Å². The minimum atomic E-state index is -5.67. The van der Waals surface area contributed by atoms with Crippen LogP contribution < -0.4 is 4.74 Å². The molecule has 6 nitrogen and oxygen atoms in total. The standard InChI is InChI=1S/C31H27F5O6S/c32-30(33,31(34,35)36)15-1-3-20(29(40)41)4-2-16-42-23-12-7-18(8-13-23)27(39)26-24-14-11-22(38)17-25(24)43-28(26)19-5-9-21(37)10-6-19/h5-14,17,20,37-38H,1-4,15-16H2,(H,40,41).